The zero-order valence-corrected chi connectivity index (χ0v) is 23.6. The standard InChI is InChI=1S/C33H42O5/c1-20(2)13-17-33(18-14-21(3)4)30(36)25(19-26-24(22(5)6)15-16-32(26,7)38)29(35)27(31(33)37)28(34)23-11-9-8-10-12-23/h8-14,24,26,34-35,38H,5,15-19H2,1-4,6-7H3/b28-27+/t24-,26-,32+/m0/s1. The number of aliphatic hydroxyl groups is 3. The van der Waals surface area contributed by atoms with Crippen LogP contribution in [0.15, 0.2) is 82.7 Å². The average molecular weight is 519 g/mol. The molecule has 3 rings (SSSR count). The molecule has 2 aliphatic carbocycles. The number of carbonyl (C=O) groups excluding carboxylic acids is 2. The second-order valence-electron chi connectivity index (χ2n) is 11.8. The predicted molar refractivity (Wildman–Crippen MR) is 152 cm³/mol. The fraction of sp³-hybridized carbons (Fsp3) is 0.455. The van der Waals surface area contributed by atoms with Gasteiger partial charge >= 0.3 is 0 Å². The molecular weight excluding hydrogens is 476 g/mol. The van der Waals surface area contributed by atoms with E-state index in [1.54, 1.807) is 37.3 Å². The molecule has 5 nitrogen and oxygen atoms in total. The quantitative estimate of drug-likeness (QED) is 0.145. The highest BCUT2D eigenvalue weighted by atomic mass is 16.3. The van der Waals surface area contributed by atoms with Crippen molar-refractivity contribution in [2.75, 3.05) is 0 Å². The molecule has 2 aliphatic rings. The Kier molecular flexibility index (Phi) is 8.72. The zero-order valence-electron chi connectivity index (χ0n) is 23.6. The van der Waals surface area contributed by atoms with E-state index in [1.165, 1.54) is 0 Å². The van der Waals surface area contributed by atoms with E-state index in [4.69, 9.17) is 0 Å². The van der Waals surface area contributed by atoms with E-state index in [2.05, 4.69) is 6.58 Å². The van der Waals surface area contributed by atoms with E-state index in [9.17, 15) is 24.9 Å². The van der Waals surface area contributed by atoms with Crippen LogP contribution in [0.3, 0.4) is 0 Å². The topological polar surface area (TPSA) is 94.8 Å². The summed E-state index contributed by atoms with van der Waals surface area (Å²) in [4.78, 5) is 28.6. The van der Waals surface area contributed by atoms with Crippen LogP contribution >= 0.6 is 0 Å². The molecule has 0 radical (unpaired) electrons. The molecule has 3 atom stereocenters. The van der Waals surface area contributed by atoms with E-state index < -0.39 is 28.3 Å². The Morgan fingerprint density at radius 2 is 1.55 bits per heavy atom. The molecule has 1 saturated carbocycles. The minimum Gasteiger partial charge on any atom is -0.507 e. The molecule has 0 saturated heterocycles. The van der Waals surface area contributed by atoms with Crippen molar-refractivity contribution < 1.29 is 24.9 Å². The summed E-state index contributed by atoms with van der Waals surface area (Å²) in [6, 6.07) is 8.58. The van der Waals surface area contributed by atoms with Crippen molar-refractivity contribution in [3.63, 3.8) is 0 Å². The fourth-order valence-corrected chi connectivity index (χ4v) is 5.80. The highest BCUT2D eigenvalue weighted by molar-refractivity contribution is 6.26. The number of aliphatic hydroxyl groups excluding tert-OH is 2. The monoisotopic (exact) mass is 518 g/mol. The number of allylic oxidation sites excluding steroid dienone is 7. The Morgan fingerprint density at radius 3 is 2.05 bits per heavy atom. The Balaban J connectivity index is 2.32. The van der Waals surface area contributed by atoms with Gasteiger partial charge in [0.25, 0.3) is 0 Å². The number of hydrogen-bond donors (Lipinski definition) is 3. The highest BCUT2D eigenvalue weighted by Gasteiger charge is 2.54. The number of Topliss-reactive ketones (excluding diaryl/α,β-unsaturated/α-hetero) is 2. The normalized spacial score (nSPS) is 26.3. The lowest BCUT2D eigenvalue weighted by atomic mass is 9.63. The third kappa shape index (κ3) is 5.63. The van der Waals surface area contributed by atoms with Crippen molar-refractivity contribution in [2.24, 2.45) is 17.3 Å². The molecule has 1 fully saturated rings. The van der Waals surface area contributed by atoms with Crippen LogP contribution in [-0.4, -0.2) is 32.5 Å². The maximum atomic E-state index is 14.4. The minimum atomic E-state index is -1.52. The Morgan fingerprint density at radius 1 is 1.00 bits per heavy atom. The molecule has 204 valence electrons. The molecule has 0 amide bonds. The van der Waals surface area contributed by atoms with Gasteiger partial charge in [-0.15, -0.1) is 0 Å². The van der Waals surface area contributed by atoms with Crippen LogP contribution in [0.1, 0.15) is 79.2 Å². The van der Waals surface area contributed by atoms with Gasteiger partial charge in [0.2, 0.25) is 0 Å². The van der Waals surface area contributed by atoms with Crippen LogP contribution in [-0.2, 0) is 9.59 Å². The van der Waals surface area contributed by atoms with Gasteiger partial charge in [-0.25, -0.2) is 0 Å². The summed E-state index contributed by atoms with van der Waals surface area (Å²) in [5.41, 5.74) is 0.480. The third-order valence-electron chi connectivity index (χ3n) is 8.20. The summed E-state index contributed by atoms with van der Waals surface area (Å²) in [6.07, 6.45) is 5.39. The zero-order chi connectivity index (χ0) is 28.4. The molecule has 38 heavy (non-hydrogen) atoms. The predicted octanol–water partition coefficient (Wildman–Crippen LogP) is 7.36. The second kappa shape index (κ2) is 11.3. The number of ketones is 2. The molecule has 1 aromatic carbocycles. The first kappa shape index (κ1) is 29.4. The second-order valence-corrected chi connectivity index (χ2v) is 11.8. The van der Waals surface area contributed by atoms with Gasteiger partial charge < -0.3 is 15.3 Å². The first-order chi connectivity index (χ1) is 17.7. The van der Waals surface area contributed by atoms with E-state index >= 15 is 0 Å². The molecule has 3 N–H and O–H groups in total. The van der Waals surface area contributed by atoms with E-state index in [0.717, 1.165) is 23.1 Å². The number of rotatable bonds is 8. The van der Waals surface area contributed by atoms with Crippen molar-refractivity contribution in [1.82, 2.24) is 0 Å². The molecule has 0 spiro atoms. The van der Waals surface area contributed by atoms with Crippen molar-refractivity contribution in [1.29, 1.82) is 0 Å². The molecular formula is C33H42O5. The lowest BCUT2D eigenvalue weighted by molar-refractivity contribution is -0.137. The smallest absolute Gasteiger partial charge is 0.184 e. The van der Waals surface area contributed by atoms with E-state index in [0.29, 0.717) is 12.0 Å². The summed E-state index contributed by atoms with van der Waals surface area (Å²) in [6.45, 7) is 15.4. The SMILES string of the molecule is C=C(C)[C@@H]1CC[C@@](C)(O)[C@H]1CC1=C(O)/C(=C(\O)c2ccccc2)C(=O)C(CC=C(C)C)(CC=C(C)C)C1=O. The Hall–Kier alpha value is -3.18. The molecule has 0 heterocycles. The van der Waals surface area contributed by atoms with Gasteiger partial charge in [-0.1, -0.05) is 65.8 Å². The summed E-state index contributed by atoms with van der Waals surface area (Å²) >= 11 is 0. The summed E-state index contributed by atoms with van der Waals surface area (Å²) in [5, 5.41) is 34.1. The maximum Gasteiger partial charge on any atom is 0.184 e. The maximum absolute atomic E-state index is 14.4. The van der Waals surface area contributed by atoms with Crippen molar-refractivity contribution in [2.45, 2.75) is 79.2 Å². The minimum absolute atomic E-state index is 0.0316. The Labute approximate surface area is 227 Å². The van der Waals surface area contributed by atoms with Gasteiger partial charge in [0.15, 0.2) is 11.6 Å². The van der Waals surface area contributed by atoms with Crippen LogP contribution < -0.4 is 0 Å². The highest BCUT2D eigenvalue weighted by Crippen LogP contribution is 2.51. The number of benzene rings is 1. The van der Waals surface area contributed by atoms with Crippen molar-refractivity contribution in [3.8, 4) is 0 Å². The lowest BCUT2D eigenvalue weighted by Crippen LogP contribution is -2.46. The first-order valence-electron chi connectivity index (χ1n) is 13.4. The molecule has 0 aliphatic heterocycles. The van der Waals surface area contributed by atoms with Crippen LogP contribution in [0.5, 0.6) is 0 Å². The van der Waals surface area contributed by atoms with Crippen LogP contribution in [0.2, 0.25) is 0 Å². The van der Waals surface area contributed by atoms with Gasteiger partial charge in [-0.05, 0) is 85.5 Å². The van der Waals surface area contributed by atoms with Gasteiger partial charge in [-0.2, -0.15) is 0 Å². The van der Waals surface area contributed by atoms with Crippen LogP contribution in [0, 0.1) is 17.3 Å². The Bertz CT molecular complexity index is 1210. The van der Waals surface area contributed by atoms with Crippen LogP contribution in [0.25, 0.3) is 5.76 Å². The fourth-order valence-electron chi connectivity index (χ4n) is 5.80. The van der Waals surface area contributed by atoms with Crippen LogP contribution in [0.4, 0.5) is 0 Å². The molecule has 0 aromatic heterocycles. The molecule has 0 unspecified atom stereocenters. The summed E-state index contributed by atoms with van der Waals surface area (Å²) < 4.78 is 0. The van der Waals surface area contributed by atoms with E-state index in [-0.39, 0.29) is 48.0 Å². The third-order valence-corrected chi connectivity index (χ3v) is 8.20. The molecule has 1 aromatic rings. The van der Waals surface area contributed by atoms with E-state index in [1.807, 2.05) is 46.8 Å². The number of hydrogen-bond acceptors (Lipinski definition) is 5. The van der Waals surface area contributed by atoms with Gasteiger partial charge in [0, 0.05) is 11.1 Å². The van der Waals surface area contributed by atoms with Gasteiger partial charge in [-0.3, -0.25) is 9.59 Å². The number of carbonyl (C=O) groups is 2. The van der Waals surface area contributed by atoms with Crippen molar-refractivity contribution in [3.05, 3.63) is 88.3 Å². The molecule has 0 bridgehead atoms. The lowest BCUT2D eigenvalue weighted by Gasteiger charge is -2.38. The summed E-state index contributed by atoms with van der Waals surface area (Å²) in [7, 11) is 0. The molecule has 5 heteroatoms. The van der Waals surface area contributed by atoms with Gasteiger partial charge in [0.1, 0.15) is 22.5 Å². The average Bonchev–Trinajstić information content (AvgIpc) is 3.15. The first-order valence-corrected chi connectivity index (χ1v) is 13.4. The summed E-state index contributed by atoms with van der Waals surface area (Å²) in [5.74, 6) is -2.27. The van der Waals surface area contributed by atoms with Gasteiger partial charge in [0.05, 0.1) is 5.60 Å². The van der Waals surface area contributed by atoms with Crippen molar-refractivity contribution >= 4 is 17.3 Å². The largest absolute Gasteiger partial charge is 0.507 e.